The summed E-state index contributed by atoms with van der Waals surface area (Å²) in [5.41, 5.74) is 4.69. The Morgan fingerprint density at radius 1 is 1.20 bits per heavy atom. The number of rotatable bonds is 2. The molecule has 0 atom stereocenters. The monoisotopic (exact) mass is 268 g/mol. The third kappa shape index (κ3) is 2.29. The van der Waals surface area contributed by atoms with Crippen LogP contribution in [0, 0.1) is 0 Å². The van der Waals surface area contributed by atoms with Crippen LogP contribution in [-0.2, 0) is 17.6 Å². The summed E-state index contributed by atoms with van der Waals surface area (Å²) in [6.07, 6.45) is 2.99. The van der Waals surface area contributed by atoms with E-state index >= 15 is 0 Å². The predicted octanol–water partition coefficient (Wildman–Crippen LogP) is 2.81. The minimum absolute atomic E-state index is 0.296. The molecule has 0 saturated heterocycles. The summed E-state index contributed by atoms with van der Waals surface area (Å²) in [6.45, 7) is 2.13. The van der Waals surface area contributed by atoms with Crippen LogP contribution in [0.4, 0.5) is 0 Å². The molecule has 1 aliphatic carbocycles. The molecule has 4 heteroatoms. The molecule has 1 aromatic heterocycles. The highest BCUT2D eigenvalue weighted by Gasteiger charge is 2.18. The molecule has 0 N–H and O–H groups in total. The van der Waals surface area contributed by atoms with Crippen molar-refractivity contribution >= 4 is 5.97 Å². The van der Waals surface area contributed by atoms with Gasteiger partial charge in [0.2, 0.25) is 0 Å². The highest BCUT2D eigenvalue weighted by Crippen LogP contribution is 2.30. The van der Waals surface area contributed by atoms with E-state index in [0.717, 1.165) is 36.1 Å². The zero-order chi connectivity index (χ0) is 13.9. The van der Waals surface area contributed by atoms with Crippen LogP contribution in [0.5, 0.6) is 0 Å². The van der Waals surface area contributed by atoms with Gasteiger partial charge in [-0.1, -0.05) is 24.3 Å². The van der Waals surface area contributed by atoms with E-state index in [-0.39, 0.29) is 0 Å². The second-order valence-electron chi connectivity index (χ2n) is 4.83. The molecule has 1 aliphatic rings. The van der Waals surface area contributed by atoms with Gasteiger partial charge in [-0.2, -0.15) is 0 Å². The lowest BCUT2D eigenvalue weighted by Crippen LogP contribution is -2.10. The molecule has 1 aromatic carbocycles. The molecular formula is C16H16N2O2. The van der Waals surface area contributed by atoms with Gasteiger partial charge in [0.25, 0.3) is 0 Å². The van der Waals surface area contributed by atoms with E-state index in [1.165, 1.54) is 5.56 Å². The third-order valence-corrected chi connectivity index (χ3v) is 3.52. The smallest absolute Gasteiger partial charge is 0.358 e. The van der Waals surface area contributed by atoms with Crippen LogP contribution in [0.25, 0.3) is 11.3 Å². The SMILES string of the molecule is CCOC(=O)c1cc2c(nn1)-c1ccccc1CCC2. The van der Waals surface area contributed by atoms with Crippen LogP contribution in [-0.4, -0.2) is 22.8 Å². The Kier molecular flexibility index (Phi) is 3.46. The van der Waals surface area contributed by atoms with Gasteiger partial charge in [-0.25, -0.2) is 4.79 Å². The second kappa shape index (κ2) is 5.41. The van der Waals surface area contributed by atoms with E-state index in [0.29, 0.717) is 12.3 Å². The van der Waals surface area contributed by atoms with Gasteiger partial charge in [0.15, 0.2) is 5.69 Å². The van der Waals surface area contributed by atoms with Crippen molar-refractivity contribution in [3.05, 3.63) is 47.2 Å². The number of nitrogens with zero attached hydrogens (tertiary/aromatic N) is 2. The van der Waals surface area contributed by atoms with Crippen molar-refractivity contribution in [1.29, 1.82) is 0 Å². The Hall–Kier alpha value is -2.23. The van der Waals surface area contributed by atoms with Gasteiger partial charge in [-0.15, -0.1) is 10.2 Å². The summed E-state index contributed by atoms with van der Waals surface area (Å²) in [7, 11) is 0. The summed E-state index contributed by atoms with van der Waals surface area (Å²) in [4.78, 5) is 11.7. The molecule has 0 fully saturated rings. The predicted molar refractivity (Wildman–Crippen MR) is 75.4 cm³/mol. The number of carbonyl (C=O) groups is 1. The quantitative estimate of drug-likeness (QED) is 0.786. The van der Waals surface area contributed by atoms with E-state index in [4.69, 9.17) is 4.74 Å². The minimum Gasteiger partial charge on any atom is -0.461 e. The number of hydrogen-bond acceptors (Lipinski definition) is 4. The molecule has 3 rings (SSSR count). The van der Waals surface area contributed by atoms with Gasteiger partial charge < -0.3 is 4.74 Å². The van der Waals surface area contributed by atoms with E-state index in [1.807, 2.05) is 18.2 Å². The fraction of sp³-hybridized carbons (Fsp3) is 0.312. The molecule has 0 spiro atoms. The van der Waals surface area contributed by atoms with E-state index in [9.17, 15) is 4.79 Å². The molecule has 0 radical (unpaired) electrons. The maximum Gasteiger partial charge on any atom is 0.358 e. The Morgan fingerprint density at radius 3 is 2.85 bits per heavy atom. The molecule has 0 amide bonds. The first-order valence-electron chi connectivity index (χ1n) is 6.91. The second-order valence-corrected chi connectivity index (χ2v) is 4.83. The van der Waals surface area contributed by atoms with Gasteiger partial charge in [0.05, 0.1) is 12.3 Å². The maximum absolute atomic E-state index is 11.7. The summed E-state index contributed by atoms with van der Waals surface area (Å²) < 4.78 is 4.98. The van der Waals surface area contributed by atoms with E-state index in [2.05, 4.69) is 22.3 Å². The minimum atomic E-state index is -0.402. The zero-order valence-electron chi connectivity index (χ0n) is 11.4. The van der Waals surface area contributed by atoms with Crippen molar-refractivity contribution < 1.29 is 9.53 Å². The fourth-order valence-electron chi connectivity index (χ4n) is 2.59. The number of hydrogen-bond donors (Lipinski definition) is 0. The summed E-state index contributed by atoms with van der Waals surface area (Å²) in [5, 5.41) is 8.30. The van der Waals surface area contributed by atoms with Crippen molar-refractivity contribution in [2.24, 2.45) is 0 Å². The molecule has 0 unspecified atom stereocenters. The van der Waals surface area contributed by atoms with Crippen LogP contribution < -0.4 is 0 Å². The lowest BCUT2D eigenvalue weighted by molar-refractivity contribution is 0.0518. The largest absolute Gasteiger partial charge is 0.461 e. The number of carbonyl (C=O) groups excluding carboxylic acids is 1. The van der Waals surface area contributed by atoms with Crippen LogP contribution >= 0.6 is 0 Å². The van der Waals surface area contributed by atoms with Crippen molar-refractivity contribution in [2.75, 3.05) is 6.61 Å². The van der Waals surface area contributed by atoms with Gasteiger partial charge in [0.1, 0.15) is 0 Å². The normalized spacial score (nSPS) is 13.1. The Labute approximate surface area is 117 Å². The van der Waals surface area contributed by atoms with Crippen LogP contribution in [0.1, 0.15) is 35.0 Å². The van der Waals surface area contributed by atoms with Crippen molar-refractivity contribution in [3.63, 3.8) is 0 Å². The first-order chi connectivity index (χ1) is 9.79. The zero-order valence-corrected chi connectivity index (χ0v) is 11.4. The van der Waals surface area contributed by atoms with Gasteiger partial charge in [-0.05, 0) is 43.4 Å². The topological polar surface area (TPSA) is 52.1 Å². The molecule has 4 nitrogen and oxygen atoms in total. The molecule has 2 aromatic rings. The number of ether oxygens (including phenoxy) is 1. The molecule has 102 valence electrons. The standard InChI is InChI=1S/C16H16N2O2/c1-2-20-16(19)14-10-12-8-5-7-11-6-3-4-9-13(11)15(12)18-17-14/h3-4,6,9-10H,2,5,7-8H2,1H3. The third-order valence-electron chi connectivity index (χ3n) is 3.52. The number of aromatic nitrogens is 2. The van der Waals surface area contributed by atoms with Crippen LogP contribution in [0.15, 0.2) is 30.3 Å². The first kappa shape index (κ1) is 12.8. The van der Waals surface area contributed by atoms with E-state index < -0.39 is 5.97 Å². The number of benzene rings is 1. The molecule has 0 aliphatic heterocycles. The van der Waals surface area contributed by atoms with E-state index in [1.54, 1.807) is 6.92 Å². The number of esters is 1. The Balaban J connectivity index is 2.05. The van der Waals surface area contributed by atoms with Gasteiger partial charge >= 0.3 is 5.97 Å². The lowest BCUT2D eigenvalue weighted by Gasteiger charge is -2.08. The molecular weight excluding hydrogens is 252 g/mol. The number of aryl methyl sites for hydroxylation is 2. The molecule has 20 heavy (non-hydrogen) atoms. The summed E-state index contributed by atoms with van der Waals surface area (Å²) in [6, 6.07) is 10.1. The highest BCUT2D eigenvalue weighted by atomic mass is 16.5. The average Bonchev–Trinajstić information content (AvgIpc) is 2.66. The lowest BCUT2D eigenvalue weighted by atomic mass is 10.0. The summed E-state index contributed by atoms with van der Waals surface area (Å²) >= 11 is 0. The molecule has 0 saturated carbocycles. The van der Waals surface area contributed by atoms with Crippen LogP contribution in [0.2, 0.25) is 0 Å². The van der Waals surface area contributed by atoms with Crippen molar-refractivity contribution in [2.45, 2.75) is 26.2 Å². The van der Waals surface area contributed by atoms with Crippen molar-refractivity contribution in [1.82, 2.24) is 10.2 Å². The molecule has 1 heterocycles. The highest BCUT2D eigenvalue weighted by molar-refractivity contribution is 5.87. The first-order valence-corrected chi connectivity index (χ1v) is 6.91. The number of fused-ring (bicyclic) bond motifs is 3. The Bertz CT molecular complexity index is 653. The fourth-order valence-corrected chi connectivity index (χ4v) is 2.59. The average molecular weight is 268 g/mol. The van der Waals surface area contributed by atoms with Gasteiger partial charge in [0, 0.05) is 5.56 Å². The van der Waals surface area contributed by atoms with Crippen molar-refractivity contribution in [3.8, 4) is 11.3 Å². The summed E-state index contributed by atoms with van der Waals surface area (Å²) in [5.74, 6) is -0.402. The van der Waals surface area contributed by atoms with Gasteiger partial charge in [-0.3, -0.25) is 0 Å². The Morgan fingerprint density at radius 2 is 2.00 bits per heavy atom. The molecule has 0 bridgehead atoms. The van der Waals surface area contributed by atoms with Crippen LogP contribution in [0.3, 0.4) is 0 Å². The maximum atomic E-state index is 11.7.